The van der Waals surface area contributed by atoms with Crippen molar-refractivity contribution < 1.29 is 56.0 Å². The fourth-order valence-electron chi connectivity index (χ4n) is 14.4. The molecule has 6 heterocycles. The van der Waals surface area contributed by atoms with E-state index >= 15 is 18.0 Å². The molecule has 362 valence electrons. The number of hydrogen-bond acceptors (Lipinski definition) is 11. The molecule has 6 aliphatic rings. The van der Waals surface area contributed by atoms with E-state index < -0.39 is 87.3 Å². The lowest BCUT2D eigenvalue weighted by molar-refractivity contribution is -0.228. The lowest BCUT2D eigenvalue weighted by Crippen LogP contribution is -2.81. The maximum Gasteiger partial charge on any atom is 0.344 e. The standard InChI is InChI=1S/C52H58F4N4O8/c1-8-49-15-9-17-60-19-16-50(43(49)60)36-23-37(41(65-5)24-40(36)58(4)44(50)52(64,47(63)67-7)45(49)68-28(2)61)51(46(62)66-6)25-29-20-31(48(3,55)56)27-59(26-29)18-14-34-35-21-30(10-13-39(35)57-42(34)51)33-12-11-32(53)22-38(33)54/h9-13,15,21-24,29,31,43-45,57,64H,8,14,16-20,25-27H2,1-7H3/t29-,31-,43+,44-,45-,49-,50-,51+,52+/m1/s1. The van der Waals surface area contributed by atoms with Crippen molar-refractivity contribution in [1.82, 2.24) is 14.8 Å². The van der Waals surface area contributed by atoms with E-state index in [1.807, 2.05) is 47.1 Å². The average Bonchev–Trinajstić information content (AvgIpc) is 3.97. The molecule has 1 aliphatic carbocycles. The van der Waals surface area contributed by atoms with Crippen LogP contribution in [0, 0.1) is 28.9 Å². The predicted molar refractivity (Wildman–Crippen MR) is 245 cm³/mol. The Kier molecular flexibility index (Phi) is 10.9. The molecular weight excluding hydrogens is 885 g/mol. The minimum Gasteiger partial charge on any atom is -0.496 e. The Balaban J connectivity index is 1.27. The summed E-state index contributed by atoms with van der Waals surface area (Å²) in [7, 11) is 5.78. The van der Waals surface area contributed by atoms with Crippen molar-refractivity contribution in [2.75, 3.05) is 66.0 Å². The smallest absolute Gasteiger partial charge is 0.344 e. The Morgan fingerprint density at radius 3 is 2.40 bits per heavy atom. The second-order valence-corrected chi connectivity index (χ2v) is 20.2. The number of carbonyl (C=O) groups excluding carboxylic acids is 3. The van der Waals surface area contributed by atoms with E-state index in [-0.39, 0.29) is 30.7 Å². The Bertz CT molecular complexity index is 2780. The minimum absolute atomic E-state index is 0.0290. The molecule has 12 nitrogen and oxygen atoms in total. The molecule has 1 aromatic heterocycles. The highest BCUT2D eigenvalue weighted by Crippen LogP contribution is 2.68. The molecule has 1 unspecified atom stereocenters. The SMILES string of the molecule is CC[C@]12C=CCN3CC[C@@]4(c5cc([C@@]6(C(=O)OC)C[C@H]7C[C@@H](C(C)(F)F)CN(CCc8c6[nH]c6ccc(-c9ccc(F)cc9F)cc86)C7)c(OC)cc5N(C)[C@H]4[C@@](O)(C(=O)OC)[C@@H]1OC(C)=O)[C@@H]32. The lowest BCUT2D eigenvalue weighted by atomic mass is 9.47. The number of benzene rings is 3. The number of aromatic amines is 1. The molecule has 68 heavy (non-hydrogen) atoms. The van der Waals surface area contributed by atoms with E-state index in [0.29, 0.717) is 84.4 Å². The fraction of sp³-hybridized carbons (Fsp3) is 0.519. The number of likely N-dealkylation sites (N-methyl/N-ethyl adjacent to an activating group) is 1. The number of aromatic nitrogens is 1. The molecule has 5 aliphatic heterocycles. The van der Waals surface area contributed by atoms with Gasteiger partial charge in [-0.25, -0.2) is 22.4 Å². The lowest BCUT2D eigenvalue weighted by Gasteiger charge is -2.63. The van der Waals surface area contributed by atoms with Gasteiger partial charge in [-0.05, 0) is 98.5 Å². The van der Waals surface area contributed by atoms with Gasteiger partial charge in [0.05, 0.1) is 27.4 Å². The van der Waals surface area contributed by atoms with Crippen LogP contribution in [0.15, 0.2) is 60.7 Å². The molecule has 16 heteroatoms. The number of halogens is 4. The minimum atomic E-state index is -3.02. The van der Waals surface area contributed by atoms with Crippen molar-refractivity contribution >= 4 is 34.5 Å². The Labute approximate surface area is 392 Å². The number of esters is 3. The summed E-state index contributed by atoms with van der Waals surface area (Å²) in [5.74, 6) is -7.95. The summed E-state index contributed by atoms with van der Waals surface area (Å²) in [4.78, 5) is 53.0. The van der Waals surface area contributed by atoms with Crippen molar-refractivity contribution in [3.8, 4) is 16.9 Å². The first-order chi connectivity index (χ1) is 32.3. The molecule has 10 atom stereocenters. The van der Waals surface area contributed by atoms with Crippen LogP contribution in [-0.4, -0.2) is 129 Å². The molecule has 10 rings (SSSR count). The second-order valence-electron chi connectivity index (χ2n) is 20.2. The first kappa shape index (κ1) is 46.3. The van der Waals surface area contributed by atoms with Crippen LogP contribution in [0.4, 0.5) is 23.2 Å². The van der Waals surface area contributed by atoms with Gasteiger partial charge < -0.3 is 38.8 Å². The molecule has 1 spiro atoms. The molecule has 2 saturated heterocycles. The van der Waals surface area contributed by atoms with Crippen molar-refractivity contribution in [2.24, 2.45) is 17.3 Å². The number of hydrogen-bond donors (Lipinski definition) is 2. The Morgan fingerprint density at radius 1 is 0.956 bits per heavy atom. The average molecular weight is 943 g/mol. The van der Waals surface area contributed by atoms with Crippen molar-refractivity contribution in [3.63, 3.8) is 0 Å². The summed E-state index contributed by atoms with van der Waals surface area (Å²) in [5.41, 5.74) is -2.11. The van der Waals surface area contributed by atoms with Crippen LogP contribution >= 0.6 is 0 Å². The molecule has 3 fully saturated rings. The van der Waals surface area contributed by atoms with E-state index in [0.717, 1.165) is 18.6 Å². The van der Waals surface area contributed by atoms with Gasteiger partial charge in [-0.1, -0.05) is 25.1 Å². The maximum absolute atomic E-state index is 15.6. The highest BCUT2D eigenvalue weighted by atomic mass is 19.3. The summed E-state index contributed by atoms with van der Waals surface area (Å²) in [6, 6.07) is 11.0. The van der Waals surface area contributed by atoms with Gasteiger partial charge in [-0.15, -0.1) is 0 Å². The van der Waals surface area contributed by atoms with E-state index in [2.05, 4.69) is 9.88 Å². The van der Waals surface area contributed by atoms with E-state index in [1.54, 1.807) is 19.2 Å². The zero-order chi connectivity index (χ0) is 48.5. The van der Waals surface area contributed by atoms with Gasteiger partial charge in [0.15, 0.2) is 6.10 Å². The van der Waals surface area contributed by atoms with Gasteiger partial charge in [-0.3, -0.25) is 14.5 Å². The number of anilines is 1. The molecule has 4 aromatic rings. The Morgan fingerprint density at radius 2 is 1.72 bits per heavy atom. The third-order valence-electron chi connectivity index (χ3n) is 16.9. The quantitative estimate of drug-likeness (QED) is 0.0814. The third kappa shape index (κ3) is 6.30. The monoisotopic (exact) mass is 942 g/mol. The number of nitrogens with zero attached hydrogens (tertiary/aromatic N) is 3. The number of methoxy groups -OCH3 is 3. The van der Waals surface area contributed by atoms with Crippen LogP contribution in [0.25, 0.3) is 22.0 Å². The zero-order valence-electron chi connectivity index (χ0n) is 39.4. The Hall–Kier alpha value is -5.45. The third-order valence-corrected chi connectivity index (χ3v) is 16.9. The van der Waals surface area contributed by atoms with Crippen LogP contribution in [0.3, 0.4) is 0 Å². The normalized spacial score (nSPS) is 32.8. The van der Waals surface area contributed by atoms with Crippen LogP contribution in [-0.2, 0) is 45.8 Å². The number of aliphatic hydroxyl groups is 1. The highest BCUT2D eigenvalue weighted by Gasteiger charge is 2.80. The zero-order valence-corrected chi connectivity index (χ0v) is 39.4. The van der Waals surface area contributed by atoms with Crippen LogP contribution < -0.4 is 9.64 Å². The van der Waals surface area contributed by atoms with Gasteiger partial charge in [0.2, 0.25) is 11.5 Å². The van der Waals surface area contributed by atoms with Gasteiger partial charge in [0.1, 0.15) is 22.8 Å². The molecule has 3 aromatic carbocycles. The molecule has 1 saturated carbocycles. The summed E-state index contributed by atoms with van der Waals surface area (Å²) in [6.45, 7) is 6.22. The summed E-state index contributed by atoms with van der Waals surface area (Å²) in [5, 5.41) is 14.1. The number of fused-ring (bicyclic) bond motifs is 6. The summed E-state index contributed by atoms with van der Waals surface area (Å²) >= 11 is 0. The number of carbonyl (C=O) groups is 3. The highest BCUT2D eigenvalue weighted by molar-refractivity contribution is 5.96. The van der Waals surface area contributed by atoms with Gasteiger partial charge in [0.25, 0.3) is 0 Å². The number of H-pyrrole nitrogens is 1. The van der Waals surface area contributed by atoms with Gasteiger partial charge in [-0.2, -0.15) is 0 Å². The van der Waals surface area contributed by atoms with Crippen LogP contribution in [0.5, 0.6) is 5.75 Å². The van der Waals surface area contributed by atoms with Crippen molar-refractivity contribution in [2.45, 2.75) is 93.4 Å². The molecule has 2 bridgehead atoms. The van der Waals surface area contributed by atoms with E-state index in [9.17, 15) is 19.1 Å². The first-order valence-corrected chi connectivity index (χ1v) is 23.5. The van der Waals surface area contributed by atoms with E-state index in [4.69, 9.17) is 18.9 Å². The topological polar surface area (TPSA) is 134 Å². The second kappa shape index (κ2) is 16.1. The summed E-state index contributed by atoms with van der Waals surface area (Å²) < 4.78 is 84.5. The maximum atomic E-state index is 15.6. The van der Waals surface area contributed by atoms with Crippen molar-refractivity contribution in [1.29, 1.82) is 0 Å². The predicted octanol–water partition coefficient (Wildman–Crippen LogP) is 7.07. The number of ether oxygens (including phenoxy) is 4. The number of nitrogens with one attached hydrogen (secondary N) is 1. The largest absolute Gasteiger partial charge is 0.496 e. The molecule has 0 radical (unpaired) electrons. The van der Waals surface area contributed by atoms with Gasteiger partial charge >= 0.3 is 17.9 Å². The molecular formula is C52H58F4N4O8. The first-order valence-electron chi connectivity index (χ1n) is 23.5. The number of piperidine rings is 1. The van der Waals surface area contributed by atoms with E-state index in [1.165, 1.54) is 40.4 Å². The fourth-order valence-corrected chi connectivity index (χ4v) is 14.4. The molecule has 2 N–H and O–H groups in total. The van der Waals surface area contributed by atoms with Crippen LogP contribution in [0.2, 0.25) is 0 Å². The number of alkyl halides is 2. The van der Waals surface area contributed by atoms with Crippen molar-refractivity contribution in [3.05, 3.63) is 94.7 Å². The summed E-state index contributed by atoms with van der Waals surface area (Å²) in [6.07, 6.45) is 3.90. The van der Waals surface area contributed by atoms with Gasteiger partial charge in [0, 0.05) is 108 Å². The number of rotatable bonds is 8. The molecule has 0 amide bonds. The van der Waals surface area contributed by atoms with Crippen LogP contribution in [0.1, 0.15) is 68.8 Å².